The lowest BCUT2D eigenvalue weighted by Crippen LogP contribution is -2.46. The van der Waals surface area contributed by atoms with Crippen molar-refractivity contribution in [3.63, 3.8) is 0 Å². The normalized spacial score (nSPS) is 21.7. The van der Waals surface area contributed by atoms with Crippen LogP contribution < -0.4 is 5.73 Å². The molecular formula is C16H20N2O2. The number of carbonyl (C=O) groups is 2. The number of nitrogen functional groups attached to an aromatic ring is 1. The maximum atomic E-state index is 12.3. The fourth-order valence-electron chi connectivity index (χ4n) is 3.54. The van der Waals surface area contributed by atoms with E-state index in [0.717, 1.165) is 31.2 Å². The Hall–Kier alpha value is -1.84. The summed E-state index contributed by atoms with van der Waals surface area (Å²) in [4.78, 5) is 26.1. The second kappa shape index (κ2) is 4.93. The molecule has 1 saturated carbocycles. The van der Waals surface area contributed by atoms with Crippen molar-refractivity contribution in [1.29, 1.82) is 0 Å². The number of piperidine rings is 1. The summed E-state index contributed by atoms with van der Waals surface area (Å²) in [7, 11) is 0. The van der Waals surface area contributed by atoms with Gasteiger partial charge in [0.2, 0.25) is 11.8 Å². The summed E-state index contributed by atoms with van der Waals surface area (Å²) < 4.78 is 0. The molecular weight excluding hydrogens is 252 g/mol. The first-order chi connectivity index (χ1) is 9.60. The number of benzene rings is 1. The van der Waals surface area contributed by atoms with E-state index >= 15 is 0 Å². The predicted molar refractivity (Wildman–Crippen MR) is 76.5 cm³/mol. The van der Waals surface area contributed by atoms with Gasteiger partial charge in [-0.05, 0) is 29.9 Å². The highest BCUT2D eigenvalue weighted by Gasteiger charge is 2.44. The number of amides is 2. The average Bonchev–Trinajstić information content (AvgIpc) is 2.84. The van der Waals surface area contributed by atoms with E-state index < -0.39 is 0 Å². The van der Waals surface area contributed by atoms with Gasteiger partial charge in [-0.2, -0.15) is 0 Å². The van der Waals surface area contributed by atoms with Crippen LogP contribution in [0, 0.1) is 5.41 Å². The van der Waals surface area contributed by atoms with E-state index in [1.165, 1.54) is 4.90 Å². The molecule has 0 unspecified atom stereocenters. The second-order valence-electron chi connectivity index (χ2n) is 6.13. The molecule has 4 heteroatoms. The van der Waals surface area contributed by atoms with Crippen LogP contribution >= 0.6 is 0 Å². The van der Waals surface area contributed by atoms with E-state index in [1.54, 1.807) is 6.07 Å². The van der Waals surface area contributed by atoms with Gasteiger partial charge in [0.25, 0.3) is 0 Å². The van der Waals surface area contributed by atoms with E-state index in [0.29, 0.717) is 25.1 Å². The largest absolute Gasteiger partial charge is 0.398 e. The van der Waals surface area contributed by atoms with Gasteiger partial charge in [-0.1, -0.05) is 31.0 Å². The van der Waals surface area contributed by atoms with Gasteiger partial charge in [0.15, 0.2) is 0 Å². The van der Waals surface area contributed by atoms with Crippen LogP contribution in [-0.2, 0) is 16.1 Å². The van der Waals surface area contributed by atoms with Crippen molar-refractivity contribution >= 4 is 17.5 Å². The van der Waals surface area contributed by atoms with Crippen LogP contribution in [0.15, 0.2) is 24.3 Å². The molecule has 106 valence electrons. The summed E-state index contributed by atoms with van der Waals surface area (Å²) in [5.41, 5.74) is 7.34. The van der Waals surface area contributed by atoms with Gasteiger partial charge in [-0.15, -0.1) is 0 Å². The summed E-state index contributed by atoms with van der Waals surface area (Å²) in [6.07, 6.45) is 5.37. The molecule has 1 saturated heterocycles. The number of carbonyl (C=O) groups excluding carboxylic acids is 2. The Morgan fingerprint density at radius 3 is 2.25 bits per heavy atom. The molecule has 1 aliphatic heterocycles. The van der Waals surface area contributed by atoms with Crippen molar-refractivity contribution in [2.45, 2.75) is 45.1 Å². The number of likely N-dealkylation sites (tertiary alicyclic amines) is 1. The third-order valence-electron chi connectivity index (χ3n) is 4.70. The van der Waals surface area contributed by atoms with Crippen molar-refractivity contribution in [2.75, 3.05) is 5.73 Å². The Balaban J connectivity index is 1.77. The quantitative estimate of drug-likeness (QED) is 0.664. The Labute approximate surface area is 118 Å². The molecule has 3 rings (SSSR count). The predicted octanol–water partition coefficient (Wildman–Crippen LogP) is 2.48. The molecule has 1 aromatic rings. The molecule has 1 aliphatic carbocycles. The monoisotopic (exact) mass is 272 g/mol. The minimum absolute atomic E-state index is 0.0348. The lowest BCUT2D eigenvalue weighted by Gasteiger charge is -2.37. The van der Waals surface area contributed by atoms with Crippen molar-refractivity contribution < 1.29 is 9.59 Å². The number of nitrogens with zero attached hydrogens (tertiary/aromatic N) is 1. The van der Waals surface area contributed by atoms with E-state index in [2.05, 4.69) is 0 Å². The molecule has 0 atom stereocenters. The van der Waals surface area contributed by atoms with Gasteiger partial charge >= 0.3 is 0 Å². The molecule has 2 fully saturated rings. The maximum absolute atomic E-state index is 12.3. The average molecular weight is 272 g/mol. The van der Waals surface area contributed by atoms with Gasteiger partial charge < -0.3 is 5.73 Å². The number of hydrogen-bond donors (Lipinski definition) is 1. The minimum Gasteiger partial charge on any atom is -0.398 e. The topological polar surface area (TPSA) is 63.4 Å². The molecule has 20 heavy (non-hydrogen) atoms. The molecule has 0 aromatic heterocycles. The van der Waals surface area contributed by atoms with Crippen molar-refractivity contribution in [2.24, 2.45) is 5.41 Å². The van der Waals surface area contributed by atoms with Gasteiger partial charge in [-0.3, -0.25) is 14.5 Å². The van der Waals surface area contributed by atoms with Gasteiger partial charge in [0, 0.05) is 18.5 Å². The molecule has 4 nitrogen and oxygen atoms in total. The molecule has 2 aliphatic rings. The van der Waals surface area contributed by atoms with Crippen LogP contribution in [0.2, 0.25) is 0 Å². The maximum Gasteiger partial charge on any atom is 0.230 e. The number of anilines is 1. The third kappa shape index (κ3) is 2.30. The summed E-state index contributed by atoms with van der Waals surface area (Å²) in [6, 6.07) is 7.40. The standard InChI is InChI=1S/C16H20N2O2/c17-13-6-2-1-5-12(13)11-18-14(19)9-16(10-15(18)20)7-3-4-8-16/h1-2,5-6H,3-4,7-11,17H2. The van der Waals surface area contributed by atoms with Crippen LogP contribution in [0.4, 0.5) is 5.69 Å². The van der Waals surface area contributed by atoms with Crippen molar-refractivity contribution in [1.82, 2.24) is 4.90 Å². The number of imide groups is 1. The molecule has 0 radical (unpaired) electrons. The molecule has 2 N–H and O–H groups in total. The SMILES string of the molecule is Nc1ccccc1CN1C(=O)CC2(CCCC2)CC1=O. The summed E-state index contributed by atoms with van der Waals surface area (Å²) >= 11 is 0. The highest BCUT2D eigenvalue weighted by atomic mass is 16.2. The van der Waals surface area contributed by atoms with Crippen LogP contribution in [0.25, 0.3) is 0 Å². The number of rotatable bonds is 2. The summed E-state index contributed by atoms with van der Waals surface area (Å²) in [6.45, 7) is 0.306. The molecule has 1 aromatic carbocycles. The van der Waals surface area contributed by atoms with Crippen LogP contribution in [0.5, 0.6) is 0 Å². The highest BCUT2D eigenvalue weighted by molar-refractivity contribution is 5.98. The zero-order chi connectivity index (χ0) is 14.2. The number of para-hydroxylation sites is 1. The fourth-order valence-corrected chi connectivity index (χ4v) is 3.54. The lowest BCUT2D eigenvalue weighted by atomic mass is 9.76. The number of hydrogen-bond acceptors (Lipinski definition) is 3. The molecule has 1 spiro atoms. The molecule has 1 heterocycles. The first kappa shape index (κ1) is 13.2. The lowest BCUT2D eigenvalue weighted by molar-refractivity contribution is -0.154. The molecule has 2 amide bonds. The first-order valence-electron chi connectivity index (χ1n) is 7.26. The van der Waals surface area contributed by atoms with Gasteiger partial charge in [0.1, 0.15) is 0 Å². The Bertz CT molecular complexity index is 527. The van der Waals surface area contributed by atoms with Crippen molar-refractivity contribution in [3.05, 3.63) is 29.8 Å². The third-order valence-corrected chi connectivity index (χ3v) is 4.70. The van der Waals surface area contributed by atoms with E-state index in [-0.39, 0.29) is 17.2 Å². The Morgan fingerprint density at radius 2 is 1.65 bits per heavy atom. The first-order valence-corrected chi connectivity index (χ1v) is 7.26. The Morgan fingerprint density at radius 1 is 1.05 bits per heavy atom. The van der Waals surface area contributed by atoms with Crippen LogP contribution in [0.3, 0.4) is 0 Å². The van der Waals surface area contributed by atoms with Crippen LogP contribution in [0.1, 0.15) is 44.1 Å². The summed E-state index contributed by atoms with van der Waals surface area (Å²) in [5.74, 6) is -0.0715. The van der Waals surface area contributed by atoms with E-state index in [1.807, 2.05) is 18.2 Å². The Kier molecular flexibility index (Phi) is 3.24. The minimum atomic E-state index is -0.0357. The van der Waals surface area contributed by atoms with Gasteiger partial charge in [0.05, 0.1) is 6.54 Å². The number of nitrogens with two attached hydrogens (primary N) is 1. The van der Waals surface area contributed by atoms with Crippen LogP contribution in [-0.4, -0.2) is 16.7 Å². The van der Waals surface area contributed by atoms with E-state index in [4.69, 9.17) is 5.73 Å². The molecule has 0 bridgehead atoms. The fraction of sp³-hybridized carbons (Fsp3) is 0.500. The summed E-state index contributed by atoms with van der Waals surface area (Å²) in [5, 5.41) is 0. The smallest absolute Gasteiger partial charge is 0.230 e. The van der Waals surface area contributed by atoms with Gasteiger partial charge in [-0.25, -0.2) is 0 Å². The highest BCUT2D eigenvalue weighted by Crippen LogP contribution is 2.47. The second-order valence-corrected chi connectivity index (χ2v) is 6.13. The zero-order valence-electron chi connectivity index (χ0n) is 11.6. The zero-order valence-corrected chi connectivity index (χ0v) is 11.6. The van der Waals surface area contributed by atoms with Crippen molar-refractivity contribution in [3.8, 4) is 0 Å². The van der Waals surface area contributed by atoms with E-state index in [9.17, 15) is 9.59 Å².